The van der Waals surface area contributed by atoms with E-state index in [4.69, 9.17) is 4.74 Å². The Bertz CT molecular complexity index is 316. The molecule has 0 spiro atoms. The lowest BCUT2D eigenvalue weighted by molar-refractivity contribution is -0.0649. The summed E-state index contributed by atoms with van der Waals surface area (Å²) in [7, 11) is 0. The van der Waals surface area contributed by atoms with Crippen LogP contribution in [0.25, 0.3) is 0 Å². The van der Waals surface area contributed by atoms with Crippen LogP contribution >= 0.6 is 0 Å². The van der Waals surface area contributed by atoms with Gasteiger partial charge in [-0.25, -0.2) is 0 Å². The molecule has 1 heteroatoms. The second kappa shape index (κ2) is 3.97. The quantitative estimate of drug-likeness (QED) is 0.734. The zero-order chi connectivity index (χ0) is 10.9. The van der Waals surface area contributed by atoms with Crippen LogP contribution in [0.15, 0.2) is 24.3 Å². The highest BCUT2D eigenvalue weighted by atomic mass is 16.5. The second-order valence-electron chi connectivity index (χ2n) is 4.77. The minimum absolute atomic E-state index is 0.0540. The van der Waals surface area contributed by atoms with Crippen LogP contribution in [0.1, 0.15) is 31.9 Å². The fourth-order valence-corrected chi connectivity index (χ4v) is 2.57. The van der Waals surface area contributed by atoms with Crippen molar-refractivity contribution in [1.82, 2.24) is 0 Å². The van der Waals surface area contributed by atoms with E-state index in [9.17, 15) is 0 Å². The molecule has 1 nitrogen and oxygen atoms in total. The maximum Gasteiger partial charge on any atom is 0.0785 e. The molecule has 1 aromatic rings. The highest BCUT2D eigenvalue weighted by molar-refractivity contribution is 5.35. The van der Waals surface area contributed by atoms with Gasteiger partial charge in [0.25, 0.3) is 0 Å². The first-order valence-corrected chi connectivity index (χ1v) is 5.88. The van der Waals surface area contributed by atoms with Gasteiger partial charge in [0.05, 0.1) is 5.60 Å². The average Bonchev–Trinajstić information content (AvgIpc) is 2.57. The van der Waals surface area contributed by atoms with Crippen LogP contribution in [0.4, 0.5) is 0 Å². The summed E-state index contributed by atoms with van der Waals surface area (Å²) in [5.74, 6) is 0.574. The summed E-state index contributed by atoms with van der Waals surface area (Å²) >= 11 is 0. The number of benzene rings is 1. The van der Waals surface area contributed by atoms with Crippen molar-refractivity contribution in [2.75, 3.05) is 6.61 Å². The highest BCUT2D eigenvalue weighted by Crippen LogP contribution is 2.38. The SMILES string of the molecule is CCOC1(C(C)C)Cc2ccccc2C1. The van der Waals surface area contributed by atoms with Crippen molar-refractivity contribution in [3.05, 3.63) is 35.4 Å². The van der Waals surface area contributed by atoms with E-state index < -0.39 is 0 Å². The lowest BCUT2D eigenvalue weighted by Gasteiger charge is -2.33. The molecular weight excluding hydrogens is 184 g/mol. The van der Waals surface area contributed by atoms with Gasteiger partial charge in [-0.2, -0.15) is 0 Å². The smallest absolute Gasteiger partial charge is 0.0785 e. The maximum atomic E-state index is 6.03. The molecule has 0 unspecified atom stereocenters. The molecule has 0 aromatic heterocycles. The van der Waals surface area contributed by atoms with Gasteiger partial charge in [-0.05, 0) is 24.0 Å². The van der Waals surface area contributed by atoms with E-state index in [-0.39, 0.29) is 5.60 Å². The van der Waals surface area contributed by atoms with Gasteiger partial charge in [0.2, 0.25) is 0 Å². The number of hydrogen-bond donors (Lipinski definition) is 0. The Morgan fingerprint density at radius 1 is 1.20 bits per heavy atom. The fraction of sp³-hybridized carbons (Fsp3) is 0.571. The summed E-state index contributed by atoms with van der Waals surface area (Å²) in [4.78, 5) is 0. The molecule has 0 N–H and O–H groups in total. The van der Waals surface area contributed by atoms with Crippen molar-refractivity contribution in [2.24, 2.45) is 5.92 Å². The normalized spacial score (nSPS) is 18.1. The van der Waals surface area contributed by atoms with E-state index >= 15 is 0 Å². The van der Waals surface area contributed by atoms with Gasteiger partial charge >= 0.3 is 0 Å². The van der Waals surface area contributed by atoms with Crippen molar-refractivity contribution in [2.45, 2.75) is 39.2 Å². The third kappa shape index (κ3) is 1.81. The molecule has 0 atom stereocenters. The highest BCUT2D eigenvalue weighted by Gasteiger charge is 2.40. The average molecular weight is 204 g/mol. The van der Waals surface area contributed by atoms with Crippen molar-refractivity contribution in [1.29, 1.82) is 0 Å². The van der Waals surface area contributed by atoms with Gasteiger partial charge < -0.3 is 4.74 Å². The zero-order valence-corrected chi connectivity index (χ0v) is 9.92. The molecule has 0 bridgehead atoms. The second-order valence-corrected chi connectivity index (χ2v) is 4.77. The van der Waals surface area contributed by atoms with Gasteiger partial charge in [0, 0.05) is 19.4 Å². The molecule has 2 rings (SSSR count). The minimum atomic E-state index is 0.0540. The van der Waals surface area contributed by atoms with Crippen LogP contribution < -0.4 is 0 Å². The summed E-state index contributed by atoms with van der Waals surface area (Å²) in [6, 6.07) is 8.72. The minimum Gasteiger partial charge on any atom is -0.374 e. The summed E-state index contributed by atoms with van der Waals surface area (Å²) in [6.45, 7) is 7.43. The molecule has 0 saturated heterocycles. The molecule has 0 heterocycles. The number of hydrogen-bond acceptors (Lipinski definition) is 1. The lowest BCUT2D eigenvalue weighted by Crippen LogP contribution is -2.39. The molecule has 0 fully saturated rings. The predicted molar refractivity (Wildman–Crippen MR) is 63.0 cm³/mol. The Kier molecular flexibility index (Phi) is 2.83. The largest absolute Gasteiger partial charge is 0.374 e. The van der Waals surface area contributed by atoms with E-state index in [1.807, 2.05) is 0 Å². The Labute approximate surface area is 92.5 Å². The van der Waals surface area contributed by atoms with Crippen LogP contribution in [-0.2, 0) is 17.6 Å². The molecule has 1 aliphatic carbocycles. The zero-order valence-electron chi connectivity index (χ0n) is 9.92. The summed E-state index contributed by atoms with van der Waals surface area (Å²) < 4.78 is 6.03. The van der Waals surface area contributed by atoms with Crippen molar-refractivity contribution < 1.29 is 4.74 Å². The third-order valence-electron chi connectivity index (χ3n) is 3.58. The lowest BCUT2D eigenvalue weighted by atomic mass is 9.87. The molecule has 15 heavy (non-hydrogen) atoms. The van der Waals surface area contributed by atoms with Gasteiger partial charge in [0.15, 0.2) is 0 Å². The van der Waals surface area contributed by atoms with Gasteiger partial charge in [-0.3, -0.25) is 0 Å². The van der Waals surface area contributed by atoms with Gasteiger partial charge in [0.1, 0.15) is 0 Å². The Balaban J connectivity index is 2.28. The number of fused-ring (bicyclic) bond motifs is 1. The van der Waals surface area contributed by atoms with Crippen LogP contribution in [0.3, 0.4) is 0 Å². The van der Waals surface area contributed by atoms with E-state index in [1.165, 1.54) is 11.1 Å². The Hall–Kier alpha value is -0.820. The third-order valence-corrected chi connectivity index (χ3v) is 3.58. The molecule has 1 aromatic carbocycles. The number of rotatable bonds is 3. The first-order valence-electron chi connectivity index (χ1n) is 5.88. The first kappa shape index (κ1) is 10.7. The number of ether oxygens (including phenoxy) is 1. The Morgan fingerprint density at radius 3 is 2.13 bits per heavy atom. The van der Waals surface area contributed by atoms with E-state index in [0.29, 0.717) is 5.92 Å². The van der Waals surface area contributed by atoms with Gasteiger partial charge in [-0.15, -0.1) is 0 Å². The van der Waals surface area contributed by atoms with Crippen molar-refractivity contribution in [3.63, 3.8) is 0 Å². The monoisotopic (exact) mass is 204 g/mol. The van der Waals surface area contributed by atoms with Crippen LogP contribution in [-0.4, -0.2) is 12.2 Å². The predicted octanol–water partition coefficient (Wildman–Crippen LogP) is 3.22. The van der Waals surface area contributed by atoms with E-state index in [0.717, 1.165) is 19.4 Å². The van der Waals surface area contributed by atoms with Crippen molar-refractivity contribution >= 4 is 0 Å². The van der Waals surface area contributed by atoms with Crippen LogP contribution in [0.2, 0.25) is 0 Å². The van der Waals surface area contributed by atoms with Crippen LogP contribution in [0.5, 0.6) is 0 Å². The maximum absolute atomic E-state index is 6.03. The summed E-state index contributed by atoms with van der Waals surface area (Å²) in [6.07, 6.45) is 2.16. The fourth-order valence-electron chi connectivity index (χ4n) is 2.57. The molecule has 82 valence electrons. The molecule has 0 aliphatic heterocycles. The molecular formula is C14H20O. The molecule has 1 aliphatic rings. The summed E-state index contributed by atoms with van der Waals surface area (Å²) in [5.41, 5.74) is 3.00. The van der Waals surface area contributed by atoms with Gasteiger partial charge in [-0.1, -0.05) is 38.1 Å². The van der Waals surface area contributed by atoms with Crippen molar-refractivity contribution in [3.8, 4) is 0 Å². The van der Waals surface area contributed by atoms with E-state index in [1.54, 1.807) is 0 Å². The first-order chi connectivity index (χ1) is 7.18. The molecule has 0 amide bonds. The Morgan fingerprint density at radius 2 is 1.73 bits per heavy atom. The topological polar surface area (TPSA) is 9.23 Å². The van der Waals surface area contributed by atoms with Crippen LogP contribution in [0, 0.1) is 5.92 Å². The standard InChI is InChI=1S/C14H20O/c1-4-15-14(11(2)3)9-12-7-5-6-8-13(12)10-14/h5-8,11H,4,9-10H2,1-3H3. The molecule has 0 radical (unpaired) electrons. The molecule has 0 saturated carbocycles. The van der Waals surface area contributed by atoms with E-state index in [2.05, 4.69) is 45.0 Å². The summed E-state index contributed by atoms with van der Waals surface area (Å²) in [5, 5.41) is 0.